The summed E-state index contributed by atoms with van der Waals surface area (Å²) in [5.41, 5.74) is 14.3. The number of anilines is 3. The van der Waals surface area contributed by atoms with Crippen LogP contribution in [0, 0.1) is 0 Å². The fourth-order valence-electron chi connectivity index (χ4n) is 9.84. The van der Waals surface area contributed by atoms with Crippen LogP contribution in [0.5, 0.6) is 0 Å². The summed E-state index contributed by atoms with van der Waals surface area (Å²) in [7, 11) is 0. The number of thiophene rings is 2. The summed E-state index contributed by atoms with van der Waals surface area (Å²) >= 11 is 3.76. The van der Waals surface area contributed by atoms with Gasteiger partial charge in [0.1, 0.15) is 0 Å². The maximum Gasteiger partial charge on any atom is 0.0640 e. The third-order valence-corrected chi connectivity index (χ3v) is 15.2. The van der Waals surface area contributed by atoms with Crippen molar-refractivity contribution < 1.29 is 0 Å². The van der Waals surface area contributed by atoms with Crippen LogP contribution in [0.1, 0.15) is 0 Å². The fourth-order valence-corrected chi connectivity index (χ4v) is 12.3. The number of nitrogens with zero attached hydrogens (tertiary/aromatic N) is 2. The van der Waals surface area contributed by atoms with E-state index >= 15 is 0 Å². The normalized spacial score (nSPS) is 11.8. The van der Waals surface area contributed by atoms with Gasteiger partial charge in [-0.05, 0) is 94.0 Å². The molecule has 0 amide bonds. The van der Waals surface area contributed by atoms with Crippen molar-refractivity contribution in [1.82, 2.24) is 4.57 Å². The molecular formula is C60H38N2S2. The van der Waals surface area contributed by atoms with Crippen molar-refractivity contribution in [3.63, 3.8) is 0 Å². The van der Waals surface area contributed by atoms with Crippen LogP contribution < -0.4 is 4.90 Å². The molecule has 4 heteroatoms. The van der Waals surface area contributed by atoms with E-state index in [1.165, 1.54) is 107 Å². The van der Waals surface area contributed by atoms with Crippen LogP contribution in [-0.4, -0.2) is 4.57 Å². The van der Waals surface area contributed by atoms with Crippen LogP contribution in [0.25, 0.3) is 101 Å². The Bertz CT molecular complexity index is 3840. The molecule has 0 aliphatic rings. The average Bonchev–Trinajstić information content (AvgIpc) is 4.06. The van der Waals surface area contributed by atoms with Crippen LogP contribution >= 0.6 is 22.7 Å². The number of para-hydroxylation sites is 2. The summed E-state index contributed by atoms with van der Waals surface area (Å²) in [6.07, 6.45) is 0. The highest BCUT2D eigenvalue weighted by Gasteiger charge is 2.24. The van der Waals surface area contributed by atoms with Gasteiger partial charge in [-0.3, -0.25) is 0 Å². The predicted molar refractivity (Wildman–Crippen MR) is 278 cm³/mol. The summed E-state index contributed by atoms with van der Waals surface area (Å²) in [6, 6.07) is 84.6. The Balaban J connectivity index is 0.985. The van der Waals surface area contributed by atoms with E-state index in [1.54, 1.807) is 0 Å². The first-order valence-corrected chi connectivity index (χ1v) is 23.4. The first-order chi connectivity index (χ1) is 31.7. The van der Waals surface area contributed by atoms with E-state index in [0.29, 0.717) is 0 Å². The van der Waals surface area contributed by atoms with Crippen molar-refractivity contribution in [2.24, 2.45) is 0 Å². The topological polar surface area (TPSA) is 8.17 Å². The zero-order valence-corrected chi connectivity index (χ0v) is 36.3. The maximum atomic E-state index is 2.51. The fraction of sp³-hybridized carbons (Fsp3) is 0. The SMILES string of the molecule is c1ccc(-c2ccc(-c3ccc(N(c4ccc(-c5cccc(-n6c7ccccc7c7ccccc76)c5)cc4)c4cccc5c4sc4ccccc45)c4c3sc3ccccc34)cc2)cc1. The zero-order chi connectivity index (χ0) is 42.1. The minimum atomic E-state index is 1.11. The van der Waals surface area contributed by atoms with E-state index in [2.05, 4.69) is 240 Å². The summed E-state index contributed by atoms with van der Waals surface area (Å²) in [4.78, 5) is 2.51. The molecule has 0 saturated carbocycles. The molecule has 0 aliphatic heterocycles. The predicted octanol–water partition coefficient (Wildman–Crippen LogP) is 18.0. The molecule has 300 valence electrons. The molecule has 13 aromatic rings. The Morgan fingerprint density at radius 1 is 0.328 bits per heavy atom. The van der Waals surface area contributed by atoms with E-state index < -0.39 is 0 Å². The molecule has 0 unspecified atom stereocenters. The molecule has 0 N–H and O–H groups in total. The van der Waals surface area contributed by atoms with Gasteiger partial charge in [-0.15, -0.1) is 22.7 Å². The first kappa shape index (κ1) is 36.9. The van der Waals surface area contributed by atoms with E-state index in [1.807, 2.05) is 22.7 Å². The van der Waals surface area contributed by atoms with Gasteiger partial charge in [0.2, 0.25) is 0 Å². The lowest BCUT2D eigenvalue weighted by molar-refractivity contribution is 1.18. The molecular weight excluding hydrogens is 813 g/mol. The molecule has 10 aromatic carbocycles. The van der Waals surface area contributed by atoms with Crippen molar-refractivity contribution in [2.45, 2.75) is 0 Å². The Kier molecular flexibility index (Phi) is 8.61. The van der Waals surface area contributed by atoms with E-state index in [0.717, 1.165) is 11.4 Å². The van der Waals surface area contributed by atoms with Gasteiger partial charge in [0.25, 0.3) is 0 Å². The Hall–Kier alpha value is -7.76. The molecule has 2 nitrogen and oxygen atoms in total. The largest absolute Gasteiger partial charge is 0.309 e. The van der Waals surface area contributed by atoms with Gasteiger partial charge in [0.15, 0.2) is 0 Å². The molecule has 0 aliphatic carbocycles. The van der Waals surface area contributed by atoms with Crippen molar-refractivity contribution in [2.75, 3.05) is 4.90 Å². The quantitative estimate of drug-likeness (QED) is 0.155. The van der Waals surface area contributed by atoms with Crippen LogP contribution in [0.3, 0.4) is 0 Å². The van der Waals surface area contributed by atoms with Gasteiger partial charge in [0.05, 0.1) is 27.1 Å². The van der Waals surface area contributed by atoms with Gasteiger partial charge in [-0.2, -0.15) is 0 Å². The van der Waals surface area contributed by atoms with Gasteiger partial charge >= 0.3 is 0 Å². The lowest BCUT2D eigenvalue weighted by Gasteiger charge is -2.28. The highest BCUT2D eigenvalue weighted by Crippen LogP contribution is 2.51. The second kappa shape index (κ2) is 15.0. The van der Waals surface area contributed by atoms with Gasteiger partial charge in [-0.25, -0.2) is 0 Å². The molecule has 64 heavy (non-hydrogen) atoms. The van der Waals surface area contributed by atoms with Crippen molar-refractivity contribution in [1.29, 1.82) is 0 Å². The van der Waals surface area contributed by atoms with Crippen LogP contribution in [0.4, 0.5) is 17.1 Å². The molecule has 0 bridgehead atoms. The van der Waals surface area contributed by atoms with E-state index in [4.69, 9.17) is 0 Å². The average molecular weight is 851 g/mol. The molecule has 3 aromatic heterocycles. The second-order valence-corrected chi connectivity index (χ2v) is 18.5. The van der Waals surface area contributed by atoms with Crippen LogP contribution in [0.15, 0.2) is 231 Å². The van der Waals surface area contributed by atoms with Crippen molar-refractivity contribution in [3.05, 3.63) is 231 Å². The number of benzene rings is 10. The Morgan fingerprint density at radius 2 is 0.859 bits per heavy atom. The summed E-state index contributed by atoms with van der Waals surface area (Å²) in [5.74, 6) is 0. The Morgan fingerprint density at radius 3 is 1.61 bits per heavy atom. The minimum Gasteiger partial charge on any atom is -0.309 e. The zero-order valence-electron chi connectivity index (χ0n) is 34.7. The number of hydrogen-bond donors (Lipinski definition) is 0. The molecule has 0 fully saturated rings. The molecule has 13 rings (SSSR count). The second-order valence-electron chi connectivity index (χ2n) is 16.4. The van der Waals surface area contributed by atoms with Crippen molar-refractivity contribution >= 4 is 102 Å². The molecule has 3 heterocycles. The molecule has 0 spiro atoms. The van der Waals surface area contributed by atoms with Gasteiger partial charge in [0, 0.05) is 57.8 Å². The first-order valence-electron chi connectivity index (χ1n) is 21.7. The standard InChI is InChI=1S/C60H38N2S2/c1-2-14-39(15-3-1)40-28-30-42(31-29-40)46-36-37-54(58-51-21-7-11-27-57(51)64-60(46)58)61(55-25-13-22-50-49-20-6-10-26-56(49)63-59(50)55)44-34-32-41(33-35-44)43-16-12-17-45(38-43)62-52-23-8-4-18-47(52)48-19-5-9-24-53(48)62/h1-38H. The van der Waals surface area contributed by atoms with E-state index in [-0.39, 0.29) is 0 Å². The highest BCUT2D eigenvalue weighted by molar-refractivity contribution is 7.27. The van der Waals surface area contributed by atoms with Crippen LogP contribution in [0.2, 0.25) is 0 Å². The summed E-state index contributed by atoms with van der Waals surface area (Å²) in [6.45, 7) is 0. The third-order valence-electron chi connectivity index (χ3n) is 12.8. The highest BCUT2D eigenvalue weighted by atomic mass is 32.1. The van der Waals surface area contributed by atoms with Crippen LogP contribution in [-0.2, 0) is 0 Å². The number of fused-ring (bicyclic) bond motifs is 9. The molecule has 0 atom stereocenters. The lowest BCUT2D eigenvalue weighted by Crippen LogP contribution is -2.10. The minimum absolute atomic E-state index is 1.11. The summed E-state index contributed by atoms with van der Waals surface area (Å²) < 4.78 is 7.54. The monoisotopic (exact) mass is 850 g/mol. The van der Waals surface area contributed by atoms with Gasteiger partial charge < -0.3 is 9.47 Å². The maximum absolute atomic E-state index is 2.51. The third kappa shape index (κ3) is 5.91. The van der Waals surface area contributed by atoms with Gasteiger partial charge in [-0.1, -0.05) is 170 Å². The smallest absolute Gasteiger partial charge is 0.0640 e. The number of aromatic nitrogens is 1. The van der Waals surface area contributed by atoms with E-state index in [9.17, 15) is 0 Å². The lowest BCUT2D eigenvalue weighted by atomic mass is 9.97. The number of rotatable bonds is 7. The molecule has 0 saturated heterocycles. The molecule has 0 radical (unpaired) electrons. The van der Waals surface area contributed by atoms with Crippen molar-refractivity contribution in [3.8, 4) is 39.1 Å². The summed E-state index contributed by atoms with van der Waals surface area (Å²) in [5, 5.41) is 7.65. The Labute approximate surface area is 378 Å². The number of hydrogen-bond acceptors (Lipinski definition) is 3.